The molecule has 1 amide bonds. The number of carbonyl (C=O) groups excluding carboxylic acids is 2. The van der Waals surface area contributed by atoms with Crippen LogP contribution in [0.5, 0.6) is 0 Å². The molecule has 0 aliphatic carbocycles. The van der Waals surface area contributed by atoms with Crippen LogP contribution in [-0.4, -0.2) is 22.8 Å². The van der Waals surface area contributed by atoms with Crippen LogP contribution in [0.4, 0.5) is 5.69 Å². The lowest BCUT2D eigenvalue weighted by Gasteiger charge is -2.08. The molecule has 0 bridgehead atoms. The minimum Gasteiger partial charge on any atom is -0.461 e. The van der Waals surface area contributed by atoms with Crippen LogP contribution in [0.3, 0.4) is 0 Å². The summed E-state index contributed by atoms with van der Waals surface area (Å²) in [5.41, 5.74) is 1.47. The number of anilines is 1. The maximum atomic E-state index is 12.3. The van der Waals surface area contributed by atoms with Crippen molar-refractivity contribution in [3.05, 3.63) is 53.9 Å². The van der Waals surface area contributed by atoms with Gasteiger partial charge in [-0.3, -0.25) is 4.79 Å². The van der Waals surface area contributed by atoms with Crippen molar-refractivity contribution in [1.82, 2.24) is 5.16 Å². The van der Waals surface area contributed by atoms with Crippen LogP contribution in [0.2, 0.25) is 0 Å². The lowest BCUT2D eigenvalue weighted by atomic mass is 10.2. The van der Waals surface area contributed by atoms with Crippen molar-refractivity contribution >= 4 is 29.3 Å². The maximum Gasteiger partial charge on any atom is 0.338 e. The first-order chi connectivity index (χ1) is 12.7. The average molecular weight is 370 g/mol. The van der Waals surface area contributed by atoms with Gasteiger partial charge in [0.15, 0.2) is 5.76 Å². The van der Waals surface area contributed by atoms with Crippen LogP contribution in [0, 0.1) is 0 Å². The monoisotopic (exact) mass is 370 g/mol. The van der Waals surface area contributed by atoms with E-state index in [9.17, 15) is 9.59 Å². The highest BCUT2D eigenvalue weighted by Crippen LogP contribution is 2.31. The van der Waals surface area contributed by atoms with Crippen molar-refractivity contribution in [2.75, 3.05) is 11.1 Å². The number of hydrogen-bond acceptors (Lipinski definition) is 7. The summed E-state index contributed by atoms with van der Waals surface area (Å²) in [7, 11) is 0. The molecule has 1 N–H and O–H groups in total. The van der Waals surface area contributed by atoms with Gasteiger partial charge in [-0.1, -0.05) is 5.16 Å². The number of nitrogens with one attached hydrogen (secondary N) is 1. The molecule has 0 saturated heterocycles. The number of ether oxygens (including phenoxy) is 1. The summed E-state index contributed by atoms with van der Waals surface area (Å²) in [6.07, 6.45) is 1.98. The van der Waals surface area contributed by atoms with E-state index in [1.807, 2.05) is 6.07 Å². The predicted molar refractivity (Wildman–Crippen MR) is 93.7 cm³/mol. The van der Waals surface area contributed by atoms with Crippen molar-refractivity contribution < 1.29 is 23.3 Å². The van der Waals surface area contributed by atoms with Gasteiger partial charge in [0, 0.05) is 23.1 Å². The van der Waals surface area contributed by atoms with Gasteiger partial charge in [0.1, 0.15) is 12.3 Å². The minimum absolute atomic E-state index is 0.0266. The standard InChI is InChI=1S/C18H14N2O5S/c21-17-5-7-26-16-4-3-11(8-13(16)19-17)18(22)24-10-12-9-15(25-20-12)14-2-1-6-23-14/h1-4,6,8-9H,5,7,10H2,(H,19,21). The van der Waals surface area contributed by atoms with Crippen molar-refractivity contribution in [3.8, 4) is 11.5 Å². The van der Waals surface area contributed by atoms with E-state index < -0.39 is 5.97 Å². The summed E-state index contributed by atoms with van der Waals surface area (Å²) < 4.78 is 15.7. The second kappa shape index (κ2) is 7.09. The van der Waals surface area contributed by atoms with Gasteiger partial charge in [-0.05, 0) is 30.3 Å². The lowest BCUT2D eigenvalue weighted by Crippen LogP contribution is -2.11. The lowest BCUT2D eigenvalue weighted by molar-refractivity contribution is -0.115. The average Bonchev–Trinajstić information content (AvgIpc) is 3.28. The van der Waals surface area contributed by atoms with Crippen LogP contribution in [0.1, 0.15) is 22.5 Å². The van der Waals surface area contributed by atoms with Gasteiger partial charge in [-0.2, -0.15) is 0 Å². The van der Waals surface area contributed by atoms with Crippen LogP contribution in [0.25, 0.3) is 11.5 Å². The third-order valence-electron chi connectivity index (χ3n) is 3.75. The molecule has 8 heteroatoms. The number of thioether (sulfide) groups is 1. The van der Waals surface area contributed by atoms with Gasteiger partial charge in [0.2, 0.25) is 11.7 Å². The second-order valence-corrected chi connectivity index (χ2v) is 6.73. The highest BCUT2D eigenvalue weighted by molar-refractivity contribution is 7.99. The second-order valence-electron chi connectivity index (χ2n) is 5.59. The summed E-state index contributed by atoms with van der Waals surface area (Å²) in [6.45, 7) is -0.0266. The minimum atomic E-state index is -0.501. The van der Waals surface area contributed by atoms with E-state index in [1.54, 1.807) is 42.1 Å². The van der Waals surface area contributed by atoms with Crippen LogP contribution in [0.15, 0.2) is 56.5 Å². The van der Waals surface area contributed by atoms with E-state index in [0.29, 0.717) is 40.6 Å². The van der Waals surface area contributed by atoms with Crippen LogP contribution >= 0.6 is 11.8 Å². The Hall–Kier alpha value is -3.00. The molecule has 2 aromatic heterocycles. The molecule has 7 nitrogen and oxygen atoms in total. The van der Waals surface area contributed by atoms with E-state index >= 15 is 0 Å². The molecule has 0 radical (unpaired) electrons. The Labute approximate surface area is 152 Å². The molecule has 1 aliphatic heterocycles. The van der Waals surface area contributed by atoms with Gasteiger partial charge in [-0.25, -0.2) is 4.79 Å². The summed E-state index contributed by atoms with van der Waals surface area (Å²) in [5.74, 6) is 1.17. The molecule has 1 aromatic carbocycles. The fourth-order valence-electron chi connectivity index (χ4n) is 2.48. The fraction of sp³-hybridized carbons (Fsp3) is 0.167. The van der Waals surface area contributed by atoms with Crippen molar-refractivity contribution in [1.29, 1.82) is 0 Å². The summed E-state index contributed by atoms with van der Waals surface area (Å²) in [6, 6.07) is 10.3. The first kappa shape index (κ1) is 16.5. The van der Waals surface area contributed by atoms with E-state index in [1.165, 1.54) is 6.26 Å². The molecular weight excluding hydrogens is 356 g/mol. The molecule has 1 aliphatic rings. The predicted octanol–water partition coefficient (Wildman–Crippen LogP) is 3.73. The molecule has 0 spiro atoms. The Morgan fingerprint density at radius 2 is 2.19 bits per heavy atom. The van der Waals surface area contributed by atoms with E-state index in [0.717, 1.165) is 4.90 Å². The molecular formula is C18H14N2O5S. The number of fused-ring (bicyclic) bond motifs is 1. The number of rotatable bonds is 4. The largest absolute Gasteiger partial charge is 0.461 e. The number of aromatic nitrogens is 1. The highest BCUT2D eigenvalue weighted by atomic mass is 32.2. The van der Waals surface area contributed by atoms with Gasteiger partial charge in [0.25, 0.3) is 0 Å². The van der Waals surface area contributed by atoms with Gasteiger partial charge < -0.3 is 19.0 Å². The number of nitrogens with zero attached hydrogens (tertiary/aromatic N) is 1. The molecule has 3 aromatic rings. The number of carbonyl (C=O) groups is 2. The summed E-state index contributed by atoms with van der Waals surface area (Å²) in [5, 5.41) is 6.66. The molecule has 0 unspecified atom stereocenters. The molecule has 4 rings (SSSR count). The van der Waals surface area contributed by atoms with Gasteiger partial charge in [0.05, 0.1) is 17.5 Å². The molecule has 3 heterocycles. The zero-order valence-electron chi connectivity index (χ0n) is 13.6. The SMILES string of the molecule is O=C1CCSc2ccc(C(=O)OCc3cc(-c4ccco4)on3)cc2N1. The summed E-state index contributed by atoms with van der Waals surface area (Å²) >= 11 is 1.58. The first-order valence-corrected chi connectivity index (χ1v) is 8.91. The maximum absolute atomic E-state index is 12.3. The molecule has 0 saturated carbocycles. The van der Waals surface area contributed by atoms with E-state index in [4.69, 9.17) is 13.7 Å². The quantitative estimate of drug-likeness (QED) is 0.699. The normalized spacial score (nSPS) is 13.6. The number of furan rings is 1. The number of benzene rings is 1. The first-order valence-electron chi connectivity index (χ1n) is 7.92. The summed E-state index contributed by atoms with van der Waals surface area (Å²) in [4.78, 5) is 24.9. The fourth-order valence-corrected chi connectivity index (χ4v) is 3.42. The molecule has 0 fully saturated rings. The van der Waals surface area contributed by atoms with Crippen molar-refractivity contribution in [3.63, 3.8) is 0 Å². The highest BCUT2D eigenvalue weighted by Gasteiger charge is 2.17. The molecule has 26 heavy (non-hydrogen) atoms. The van der Waals surface area contributed by atoms with Gasteiger partial charge >= 0.3 is 5.97 Å². The van der Waals surface area contributed by atoms with Gasteiger partial charge in [-0.15, -0.1) is 11.8 Å². The number of amides is 1. The third-order valence-corrected chi connectivity index (χ3v) is 4.83. The number of esters is 1. The number of hydrogen-bond donors (Lipinski definition) is 1. The topological polar surface area (TPSA) is 94.6 Å². The zero-order valence-corrected chi connectivity index (χ0v) is 14.4. The smallest absolute Gasteiger partial charge is 0.338 e. The Kier molecular flexibility index (Phi) is 4.49. The third kappa shape index (κ3) is 3.50. The van der Waals surface area contributed by atoms with Crippen molar-refractivity contribution in [2.45, 2.75) is 17.9 Å². The van der Waals surface area contributed by atoms with Crippen LogP contribution < -0.4 is 5.32 Å². The molecule has 132 valence electrons. The Morgan fingerprint density at radius 1 is 1.27 bits per heavy atom. The Balaban J connectivity index is 1.43. The van der Waals surface area contributed by atoms with E-state index in [-0.39, 0.29) is 12.5 Å². The van der Waals surface area contributed by atoms with E-state index in [2.05, 4.69) is 10.5 Å². The zero-order chi connectivity index (χ0) is 17.9. The van der Waals surface area contributed by atoms with Crippen LogP contribution in [-0.2, 0) is 16.1 Å². The molecule has 0 atom stereocenters. The Morgan fingerprint density at radius 3 is 3.04 bits per heavy atom. The Bertz CT molecular complexity index is 948. The van der Waals surface area contributed by atoms with Crippen molar-refractivity contribution in [2.24, 2.45) is 0 Å².